The predicted molar refractivity (Wildman–Crippen MR) is 75.0 cm³/mol. The quantitative estimate of drug-likeness (QED) is 0.636. The molecular weight excluding hydrogens is 228 g/mol. The van der Waals surface area contributed by atoms with Gasteiger partial charge < -0.3 is 14.8 Å². The molecule has 0 radical (unpaired) electrons. The van der Waals surface area contributed by atoms with Crippen molar-refractivity contribution in [1.29, 1.82) is 0 Å². The fourth-order valence-corrected chi connectivity index (χ4v) is 2.43. The molecule has 0 bridgehead atoms. The molecule has 0 amide bonds. The van der Waals surface area contributed by atoms with E-state index in [-0.39, 0.29) is 0 Å². The van der Waals surface area contributed by atoms with Crippen molar-refractivity contribution in [3.05, 3.63) is 0 Å². The van der Waals surface area contributed by atoms with Gasteiger partial charge in [-0.15, -0.1) is 0 Å². The minimum atomic E-state index is 0.396. The Morgan fingerprint density at radius 3 is 2.89 bits per heavy atom. The highest BCUT2D eigenvalue weighted by molar-refractivity contribution is 4.77. The molecule has 0 aromatic carbocycles. The first-order chi connectivity index (χ1) is 8.77. The van der Waals surface area contributed by atoms with Gasteiger partial charge >= 0.3 is 0 Å². The van der Waals surface area contributed by atoms with Gasteiger partial charge in [0.2, 0.25) is 0 Å². The molecule has 108 valence electrons. The Morgan fingerprint density at radius 2 is 2.17 bits per heavy atom. The number of morpholine rings is 1. The largest absolute Gasteiger partial charge is 0.383 e. The first-order valence-corrected chi connectivity index (χ1v) is 7.33. The maximum Gasteiger partial charge on any atom is 0.0674 e. The minimum absolute atomic E-state index is 0.396. The van der Waals surface area contributed by atoms with Crippen LogP contribution in [0, 0.1) is 0 Å². The van der Waals surface area contributed by atoms with Crippen LogP contribution in [0.4, 0.5) is 0 Å². The summed E-state index contributed by atoms with van der Waals surface area (Å²) in [6.45, 7) is 10.5. The molecule has 1 heterocycles. The third-order valence-electron chi connectivity index (χ3n) is 3.58. The summed E-state index contributed by atoms with van der Waals surface area (Å²) in [6.07, 6.45) is 4.10. The van der Waals surface area contributed by atoms with Crippen molar-refractivity contribution in [2.24, 2.45) is 0 Å². The van der Waals surface area contributed by atoms with Crippen LogP contribution in [0.2, 0.25) is 0 Å². The van der Waals surface area contributed by atoms with Crippen LogP contribution in [0.1, 0.15) is 33.1 Å². The van der Waals surface area contributed by atoms with Gasteiger partial charge in [-0.1, -0.05) is 6.92 Å². The van der Waals surface area contributed by atoms with Gasteiger partial charge in [0, 0.05) is 26.2 Å². The SMILES string of the molecule is CCC1COC(C)CN1CCCCNCCOC. The molecule has 4 nitrogen and oxygen atoms in total. The molecule has 2 atom stereocenters. The summed E-state index contributed by atoms with van der Waals surface area (Å²) in [5.41, 5.74) is 0. The van der Waals surface area contributed by atoms with Gasteiger partial charge in [-0.2, -0.15) is 0 Å². The molecule has 1 N–H and O–H groups in total. The Bertz CT molecular complexity index is 202. The van der Waals surface area contributed by atoms with Crippen LogP contribution in [0.15, 0.2) is 0 Å². The highest BCUT2D eigenvalue weighted by Gasteiger charge is 2.24. The second kappa shape index (κ2) is 9.73. The molecule has 1 aliphatic heterocycles. The summed E-state index contributed by atoms with van der Waals surface area (Å²) in [4.78, 5) is 2.60. The number of nitrogens with one attached hydrogen (secondary N) is 1. The summed E-state index contributed by atoms with van der Waals surface area (Å²) < 4.78 is 10.7. The summed E-state index contributed by atoms with van der Waals surface area (Å²) >= 11 is 0. The number of rotatable bonds is 9. The van der Waals surface area contributed by atoms with Crippen LogP contribution >= 0.6 is 0 Å². The molecule has 0 spiro atoms. The van der Waals surface area contributed by atoms with Crippen molar-refractivity contribution in [2.45, 2.75) is 45.3 Å². The van der Waals surface area contributed by atoms with Gasteiger partial charge in [0.15, 0.2) is 0 Å². The topological polar surface area (TPSA) is 33.7 Å². The standard InChI is InChI=1S/C14H30N2O2/c1-4-14-12-18-13(2)11-16(14)9-6-5-7-15-8-10-17-3/h13-15H,4-12H2,1-3H3. The van der Waals surface area contributed by atoms with Gasteiger partial charge in [0.1, 0.15) is 0 Å². The first kappa shape index (κ1) is 15.9. The van der Waals surface area contributed by atoms with Crippen LogP contribution in [-0.4, -0.2) is 63.5 Å². The lowest BCUT2D eigenvalue weighted by Crippen LogP contribution is -2.48. The van der Waals surface area contributed by atoms with Crippen molar-refractivity contribution in [1.82, 2.24) is 10.2 Å². The fourth-order valence-electron chi connectivity index (χ4n) is 2.43. The number of hydrogen-bond donors (Lipinski definition) is 1. The molecule has 0 aromatic rings. The second-order valence-corrected chi connectivity index (χ2v) is 5.15. The normalized spacial score (nSPS) is 25.5. The predicted octanol–water partition coefficient (Wildman–Crippen LogP) is 1.50. The molecule has 1 fully saturated rings. The molecular formula is C14H30N2O2. The molecule has 1 saturated heterocycles. The third-order valence-corrected chi connectivity index (χ3v) is 3.58. The van der Waals surface area contributed by atoms with Crippen LogP contribution in [0.3, 0.4) is 0 Å². The van der Waals surface area contributed by atoms with E-state index in [9.17, 15) is 0 Å². The maximum absolute atomic E-state index is 5.72. The van der Waals surface area contributed by atoms with Crippen molar-refractivity contribution >= 4 is 0 Å². The van der Waals surface area contributed by atoms with E-state index < -0.39 is 0 Å². The summed E-state index contributed by atoms with van der Waals surface area (Å²) in [7, 11) is 1.74. The summed E-state index contributed by atoms with van der Waals surface area (Å²) in [6, 6.07) is 0.627. The third kappa shape index (κ3) is 6.14. The van der Waals surface area contributed by atoms with Gasteiger partial charge in [0.05, 0.1) is 19.3 Å². The van der Waals surface area contributed by atoms with Crippen LogP contribution in [0.5, 0.6) is 0 Å². The number of nitrogens with zero attached hydrogens (tertiary/aromatic N) is 1. The van der Waals surface area contributed by atoms with Gasteiger partial charge in [0.25, 0.3) is 0 Å². The number of methoxy groups -OCH3 is 1. The van der Waals surface area contributed by atoms with E-state index in [1.165, 1.54) is 25.8 Å². The number of hydrogen-bond acceptors (Lipinski definition) is 4. The van der Waals surface area contributed by atoms with Gasteiger partial charge in [-0.05, 0) is 39.3 Å². The average Bonchev–Trinajstić information content (AvgIpc) is 2.38. The Labute approximate surface area is 112 Å². The van der Waals surface area contributed by atoms with E-state index in [1.54, 1.807) is 7.11 Å². The van der Waals surface area contributed by atoms with Crippen molar-refractivity contribution in [2.75, 3.05) is 46.5 Å². The number of unbranched alkanes of at least 4 members (excludes halogenated alkanes) is 1. The van der Waals surface area contributed by atoms with Crippen molar-refractivity contribution in [3.8, 4) is 0 Å². The molecule has 0 saturated carbocycles. The number of ether oxygens (including phenoxy) is 2. The Morgan fingerprint density at radius 1 is 1.33 bits per heavy atom. The highest BCUT2D eigenvalue weighted by atomic mass is 16.5. The summed E-state index contributed by atoms with van der Waals surface area (Å²) in [5, 5.41) is 3.39. The molecule has 1 rings (SSSR count). The van der Waals surface area contributed by atoms with E-state index in [0.29, 0.717) is 12.1 Å². The first-order valence-electron chi connectivity index (χ1n) is 7.33. The molecule has 4 heteroatoms. The molecule has 0 aromatic heterocycles. The van der Waals surface area contributed by atoms with Gasteiger partial charge in [-0.25, -0.2) is 0 Å². The van der Waals surface area contributed by atoms with Crippen molar-refractivity contribution in [3.63, 3.8) is 0 Å². The molecule has 2 unspecified atom stereocenters. The Hall–Kier alpha value is -0.160. The zero-order chi connectivity index (χ0) is 13.2. The van der Waals surface area contributed by atoms with E-state index in [0.717, 1.165) is 32.8 Å². The lowest BCUT2D eigenvalue weighted by atomic mass is 10.1. The van der Waals surface area contributed by atoms with E-state index in [1.807, 2.05) is 0 Å². The highest BCUT2D eigenvalue weighted by Crippen LogP contribution is 2.14. The zero-order valence-corrected chi connectivity index (χ0v) is 12.3. The second-order valence-electron chi connectivity index (χ2n) is 5.15. The van der Waals surface area contributed by atoms with Crippen LogP contribution < -0.4 is 5.32 Å². The maximum atomic E-state index is 5.72. The fraction of sp³-hybridized carbons (Fsp3) is 1.00. The van der Waals surface area contributed by atoms with Crippen molar-refractivity contribution < 1.29 is 9.47 Å². The smallest absolute Gasteiger partial charge is 0.0674 e. The molecule has 0 aliphatic carbocycles. The monoisotopic (exact) mass is 258 g/mol. The molecule has 1 aliphatic rings. The van der Waals surface area contributed by atoms with Gasteiger partial charge in [-0.3, -0.25) is 4.90 Å². The zero-order valence-electron chi connectivity index (χ0n) is 12.3. The Balaban J connectivity index is 2.05. The summed E-state index contributed by atoms with van der Waals surface area (Å²) in [5.74, 6) is 0. The van der Waals surface area contributed by atoms with E-state index in [4.69, 9.17) is 9.47 Å². The van der Waals surface area contributed by atoms with E-state index >= 15 is 0 Å². The molecule has 18 heavy (non-hydrogen) atoms. The minimum Gasteiger partial charge on any atom is -0.383 e. The van der Waals surface area contributed by atoms with Crippen LogP contribution in [0.25, 0.3) is 0 Å². The van der Waals surface area contributed by atoms with Crippen LogP contribution in [-0.2, 0) is 9.47 Å². The average molecular weight is 258 g/mol. The lowest BCUT2D eigenvalue weighted by Gasteiger charge is -2.38. The lowest BCUT2D eigenvalue weighted by molar-refractivity contribution is -0.0560. The van der Waals surface area contributed by atoms with E-state index in [2.05, 4.69) is 24.1 Å². The Kier molecular flexibility index (Phi) is 8.59.